The lowest BCUT2D eigenvalue weighted by Gasteiger charge is -1.99. The number of rotatable bonds is 2. The van der Waals surface area contributed by atoms with E-state index in [1.807, 2.05) is 0 Å². The molecule has 15 heavy (non-hydrogen) atoms. The standard InChI is InChI=1S/C8H8N6O/c9-6-4-5(12-13-6)8(15)11-7-2-1-3-10-14-7/h1-4H,(H3,9,12,13)(H,11,14,15). The number of aromatic amines is 1. The number of hydrogen-bond acceptors (Lipinski definition) is 5. The molecule has 0 saturated carbocycles. The largest absolute Gasteiger partial charge is 0.382 e. The van der Waals surface area contributed by atoms with Crippen molar-refractivity contribution in [3.05, 3.63) is 30.1 Å². The van der Waals surface area contributed by atoms with Gasteiger partial charge in [0, 0.05) is 12.3 Å². The number of anilines is 2. The Labute approximate surface area is 84.7 Å². The maximum absolute atomic E-state index is 11.5. The summed E-state index contributed by atoms with van der Waals surface area (Å²) < 4.78 is 0. The molecule has 2 aromatic rings. The van der Waals surface area contributed by atoms with Gasteiger partial charge in [0.2, 0.25) is 0 Å². The normalized spacial score (nSPS) is 9.87. The summed E-state index contributed by atoms with van der Waals surface area (Å²) in [4.78, 5) is 11.5. The monoisotopic (exact) mass is 204 g/mol. The molecule has 0 atom stereocenters. The SMILES string of the molecule is Nc1cc(C(=O)Nc2cccnn2)[nH]n1. The molecule has 7 nitrogen and oxygen atoms in total. The van der Waals surface area contributed by atoms with Crippen LogP contribution in [0, 0.1) is 0 Å². The smallest absolute Gasteiger partial charge is 0.274 e. The second-order valence-corrected chi connectivity index (χ2v) is 2.77. The molecule has 4 N–H and O–H groups in total. The highest BCUT2D eigenvalue weighted by atomic mass is 16.2. The van der Waals surface area contributed by atoms with Gasteiger partial charge in [-0.15, -0.1) is 5.10 Å². The van der Waals surface area contributed by atoms with Crippen LogP contribution in [-0.2, 0) is 0 Å². The predicted octanol–water partition coefficient (Wildman–Crippen LogP) is 0.0342. The van der Waals surface area contributed by atoms with Crippen molar-refractivity contribution >= 4 is 17.5 Å². The number of amides is 1. The van der Waals surface area contributed by atoms with E-state index >= 15 is 0 Å². The van der Waals surface area contributed by atoms with Crippen LogP contribution in [0.5, 0.6) is 0 Å². The van der Waals surface area contributed by atoms with Crippen molar-refractivity contribution in [1.29, 1.82) is 0 Å². The number of carbonyl (C=O) groups excluding carboxylic acids is 1. The van der Waals surface area contributed by atoms with Gasteiger partial charge in [-0.2, -0.15) is 10.2 Å². The van der Waals surface area contributed by atoms with Gasteiger partial charge in [0.05, 0.1) is 0 Å². The van der Waals surface area contributed by atoms with Crippen molar-refractivity contribution in [2.24, 2.45) is 0 Å². The number of nitrogens with two attached hydrogens (primary N) is 1. The fourth-order valence-electron chi connectivity index (χ4n) is 1.01. The van der Waals surface area contributed by atoms with Gasteiger partial charge in [0.1, 0.15) is 11.5 Å². The Bertz CT molecular complexity index is 465. The molecule has 0 fully saturated rings. The maximum atomic E-state index is 11.5. The zero-order chi connectivity index (χ0) is 10.7. The van der Waals surface area contributed by atoms with Crippen LogP contribution < -0.4 is 11.1 Å². The van der Waals surface area contributed by atoms with Gasteiger partial charge in [-0.1, -0.05) is 0 Å². The second kappa shape index (κ2) is 3.74. The number of nitrogens with one attached hydrogen (secondary N) is 2. The molecule has 7 heteroatoms. The van der Waals surface area contributed by atoms with E-state index in [-0.39, 0.29) is 17.4 Å². The third kappa shape index (κ3) is 2.08. The summed E-state index contributed by atoms with van der Waals surface area (Å²) in [6, 6.07) is 4.74. The van der Waals surface area contributed by atoms with Crippen LogP contribution >= 0.6 is 0 Å². The average Bonchev–Trinajstić information content (AvgIpc) is 2.66. The van der Waals surface area contributed by atoms with Gasteiger partial charge in [0.15, 0.2) is 5.82 Å². The van der Waals surface area contributed by atoms with Gasteiger partial charge >= 0.3 is 0 Å². The van der Waals surface area contributed by atoms with Gasteiger partial charge in [-0.05, 0) is 12.1 Å². The van der Waals surface area contributed by atoms with Crippen molar-refractivity contribution < 1.29 is 4.79 Å². The highest BCUT2D eigenvalue weighted by Gasteiger charge is 2.09. The van der Waals surface area contributed by atoms with Crippen molar-refractivity contribution in [3.8, 4) is 0 Å². The molecular weight excluding hydrogens is 196 g/mol. The molecule has 2 heterocycles. The van der Waals surface area contributed by atoms with Gasteiger partial charge < -0.3 is 11.1 Å². The van der Waals surface area contributed by atoms with E-state index in [9.17, 15) is 4.79 Å². The summed E-state index contributed by atoms with van der Waals surface area (Å²) >= 11 is 0. The maximum Gasteiger partial charge on any atom is 0.274 e. The summed E-state index contributed by atoms with van der Waals surface area (Å²) in [6.07, 6.45) is 1.52. The first-order chi connectivity index (χ1) is 7.25. The highest BCUT2D eigenvalue weighted by Crippen LogP contribution is 2.04. The van der Waals surface area contributed by atoms with Crippen molar-refractivity contribution in [2.45, 2.75) is 0 Å². The zero-order valence-corrected chi connectivity index (χ0v) is 7.64. The lowest BCUT2D eigenvalue weighted by Crippen LogP contribution is -2.13. The third-order valence-corrected chi connectivity index (χ3v) is 1.66. The number of nitrogens with zero attached hydrogens (tertiary/aromatic N) is 3. The van der Waals surface area contributed by atoms with Gasteiger partial charge in [-0.3, -0.25) is 9.89 Å². The molecule has 0 aliphatic heterocycles. The molecule has 0 unspecified atom stereocenters. The number of nitrogen functional groups attached to an aromatic ring is 1. The molecule has 2 aromatic heterocycles. The molecule has 0 bridgehead atoms. The van der Waals surface area contributed by atoms with E-state index in [0.29, 0.717) is 5.82 Å². The number of H-pyrrole nitrogens is 1. The van der Waals surface area contributed by atoms with E-state index < -0.39 is 0 Å². The summed E-state index contributed by atoms with van der Waals surface area (Å²) in [7, 11) is 0. The molecule has 0 aliphatic rings. The first-order valence-corrected chi connectivity index (χ1v) is 4.15. The number of hydrogen-bond donors (Lipinski definition) is 3. The first-order valence-electron chi connectivity index (χ1n) is 4.15. The fraction of sp³-hybridized carbons (Fsp3) is 0. The molecule has 2 rings (SSSR count). The van der Waals surface area contributed by atoms with Gasteiger partial charge in [-0.25, -0.2) is 0 Å². The lowest BCUT2D eigenvalue weighted by molar-refractivity contribution is 0.102. The Morgan fingerprint density at radius 1 is 1.53 bits per heavy atom. The molecule has 0 aliphatic carbocycles. The summed E-state index contributed by atoms with van der Waals surface area (Å²) in [5, 5.41) is 16.0. The fourth-order valence-corrected chi connectivity index (χ4v) is 1.01. The average molecular weight is 204 g/mol. The van der Waals surface area contributed by atoms with Crippen LogP contribution in [0.1, 0.15) is 10.5 Å². The molecule has 0 radical (unpaired) electrons. The Morgan fingerprint density at radius 2 is 2.40 bits per heavy atom. The van der Waals surface area contributed by atoms with E-state index in [1.54, 1.807) is 12.1 Å². The van der Waals surface area contributed by atoms with Crippen LogP contribution in [0.25, 0.3) is 0 Å². The summed E-state index contributed by atoms with van der Waals surface area (Å²) in [5.41, 5.74) is 5.64. The van der Waals surface area contributed by atoms with E-state index in [2.05, 4.69) is 25.7 Å². The van der Waals surface area contributed by atoms with Crippen molar-refractivity contribution in [1.82, 2.24) is 20.4 Å². The number of aromatic nitrogens is 4. The Morgan fingerprint density at radius 3 is 3.00 bits per heavy atom. The minimum atomic E-state index is -0.361. The van der Waals surface area contributed by atoms with Crippen LogP contribution in [0.4, 0.5) is 11.6 Å². The Balaban J connectivity index is 2.11. The summed E-state index contributed by atoms with van der Waals surface area (Å²) in [5.74, 6) is 0.273. The van der Waals surface area contributed by atoms with Crippen molar-refractivity contribution in [3.63, 3.8) is 0 Å². The molecule has 0 aromatic carbocycles. The van der Waals surface area contributed by atoms with Gasteiger partial charge in [0.25, 0.3) is 5.91 Å². The highest BCUT2D eigenvalue weighted by molar-refractivity contribution is 6.02. The summed E-state index contributed by atoms with van der Waals surface area (Å²) in [6.45, 7) is 0. The van der Waals surface area contributed by atoms with Crippen LogP contribution in [0.3, 0.4) is 0 Å². The van der Waals surface area contributed by atoms with Crippen LogP contribution in [0.15, 0.2) is 24.4 Å². The van der Waals surface area contributed by atoms with Crippen LogP contribution in [-0.4, -0.2) is 26.3 Å². The van der Waals surface area contributed by atoms with E-state index in [0.717, 1.165) is 0 Å². The number of carbonyl (C=O) groups is 1. The quantitative estimate of drug-likeness (QED) is 0.639. The minimum Gasteiger partial charge on any atom is -0.382 e. The topological polar surface area (TPSA) is 110 Å². The second-order valence-electron chi connectivity index (χ2n) is 2.77. The van der Waals surface area contributed by atoms with Crippen LogP contribution in [0.2, 0.25) is 0 Å². The molecule has 0 saturated heterocycles. The Hall–Kier alpha value is -2.44. The molecule has 0 spiro atoms. The lowest BCUT2D eigenvalue weighted by atomic mass is 10.4. The Kier molecular flexibility index (Phi) is 2.28. The minimum absolute atomic E-state index is 0.263. The molecular formula is C8H8N6O. The van der Waals surface area contributed by atoms with E-state index in [4.69, 9.17) is 5.73 Å². The predicted molar refractivity (Wildman–Crippen MR) is 53.0 cm³/mol. The van der Waals surface area contributed by atoms with Crippen molar-refractivity contribution in [2.75, 3.05) is 11.1 Å². The first kappa shape index (κ1) is 9.13. The molecule has 1 amide bonds. The molecule has 76 valence electrons. The third-order valence-electron chi connectivity index (χ3n) is 1.66. The van der Waals surface area contributed by atoms with E-state index in [1.165, 1.54) is 12.3 Å². The zero-order valence-electron chi connectivity index (χ0n) is 7.64.